The van der Waals surface area contributed by atoms with Crippen LogP contribution in [0.1, 0.15) is 24.5 Å². The van der Waals surface area contributed by atoms with Gasteiger partial charge in [0.25, 0.3) is 0 Å². The number of nitrogens with two attached hydrogens (primary N) is 1. The van der Waals surface area contributed by atoms with E-state index in [0.29, 0.717) is 12.1 Å². The summed E-state index contributed by atoms with van der Waals surface area (Å²) in [5, 5.41) is 0. The smallest absolute Gasteiger partial charge is 0.0351 e. The van der Waals surface area contributed by atoms with Crippen molar-refractivity contribution in [1.29, 1.82) is 0 Å². The second-order valence-corrected chi connectivity index (χ2v) is 5.95. The van der Waals surface area contributed by atoms with Crippen molar-refractivity contribution in [2.24, 2.45) is 5.73 Å². The number of hydrogen-bond donors (Lipinski definition) is 1. The molecule has 3 heteroatoms. The molecule has 0 bridgehead atoms. The van der Waals surface area contributed by atoms with Crippen LogP contribution in [0.5, 0.6) is 0 Å². The lowest BCUT2D eigenvalue weighted by Gasteiger charge is -2.34. The Bertz CT molecular complexity index is 387. The van der Waals surface area contributed by atoms with E-state index in [0.717, 1.165) is 19.6 Å². The zero-order valence-electron chi connectivity index (χ0n) is 12.5. The van der Waals surface area contributed by atoms with E-state index in [2.05, 4.69) is 55.0 Å². The second-order valence-electron chi connectivity index (χ2n) is 5.95. The molecule has 0 saturated carbocycles. The first kappa shape index (κ1) is 14.5. The van der Waals surface area contributed by atoms with Crippen LogP contribution in [0.25, 0.3) is 0 Å². The third kappa shape index (κ3) is 3.78. The molecule has 3 nitrogen and oxygen atoms in total. The van der Waals surface area contributed by atoms with Crippen molar-refractivity contribution in [3.63, 3.8) is 0 Å². The van der Waals surface area contributed by atoms with Gasteiger partial charge in [-0.2, -0.15) is 0 Å². The molecule has 2 unspecified atom stereocenters. The molecule has 1 aromatic carbocycles. The lowest BCUT2D eigenvalue weighted by molar-refractivity contribution is 0.139. The normalized spacial score (nSPS) is 26.3. The fourth-order valence-electron chi connectivity index (χ4n) is 2.89. The number of likely N-dealkylation sites (N-methyl/N-ethyl adjacent to an activating group) is 1. The molecule has 0 radical (unpaired) electrons. The highest BCUT2D eigenvalue weighted by molar-refractivity contribution is 5.21. The highest BCUT2D eigenvalue weighted by atomic mass is 15.3. The van der Waals surface area contributed by atoms with Crippen LogP contribution in [0.3, 0.4) is 0 Å². The van der Waals surface area contributed by atoms with Gasteiger partial charge in [-0.3, -0.25) is 4.90 Å². The molecule has 1 aromatic rings. The van der Waals surface area contributed by atoms with Gasteiger partial charge in [0, 0.05) is 31.7 Å². The Labute approximate surface area is 117 Å². The summed E-state index contributed by atoms with van der Waals surface area (Å²) in [5.41, 5.74) is 8.71. The van der Waals surface area contributed by atoms with Crippen LogP contribution < -0.4 is 5.73 Å². The Hall–Kier alpha value is -0.900. The summed E-state index contributed by atoms with van der Waals surface area (Å²) in [5.74, 6) is 0. The largest absolute Gasteiger partial charge is 0.329 e. The maximum Gasteiger partial charge on any atom is 0.0351 e. The maximum absolute atomic E-state index is 6.00. The highest BCUT2D eigenvalue weighted by Gasteiger charge is 2.27. The Morgan fingerprint density at radius 2 is 1.95 bits per heavy atom. The molecule has 0 aromatic heterocycles. The number of nitrogens with zero attached hydrogens (tertiary/aromatic N) is 2. The monoisotopic (exact) mass is 261 g/mol. The molecular weight excluding hydrogens is 234 g/mol. The van der Waals surface area contributed by atoms with Crippen molar-refractivity contribution in [2.75, 3.05) is 26.7 Å². The van der Waals surface area contributed by atoms with Gasteiger partial charge in [0.15, 0.2) is 0 Å². The molecule has 1 aliphatic rings. The van der Waals surface area contributed by atoms with E-state index in [1.165, 1.54) is 24.1 Å². The molecule has 1 aliphatic heterocycles. The molecule has 0 spiro atoms. The van der Waals surface area contributed by atoms with Crippen molar-refractivity contribution in [1.82, 2.24) is 9.80 Å². The molecule has 1 fully saturated rings. The van der Waals surface area contributed by atoms with Crippen molar-refractivity contribution in [2.45, 2.75) is 38.9 Å². The average molecular weight is 261 g/mol. The Morgan fingerprint density at radius 1 is 1.26 bits per heavy atom. The van der Waals surface area contributed by atoms with Gasteiger partial charge in [-0.1, -0.05) is 29.8 Å². The van der Waals surface area contributed by atoms with E-state index in [1.54, 1.807) is 0 Å². The molecule has 2 N–H and O–H groups in total. The quantitative estimate of drug-likeness (QED) is 0.901. The van der Waals surface area contributed by atoms with Crippen LogP contribution in [0, 0.1) is 6.92 Å². The van der Waals surface area contributed by atoms with Crippen LogP contribution in [-0.2, 0) is 6.54 Å². The molecule has 1 saturated heterocycles. The van der Waals surface area contributed by atoms with E-state index < -0.39 is 0 Å². The summed E-state index contributed by atoms with van der Waals surface area (Å²) in [7, 11) is 2.20. The van der Waals surface area contributed by atoms with Crippen LogP contribution in [0.15, 0.2) is 24.3 Å². The molecule has 19 heavy (non-hydrogen) atoms. The minimum absolute atomic E-state index is 0.462. The summed E-state index contributed by atoms with van der Waals surface area (Å²) in [6.45, 7) is 8.46. The Balaban J connectivity index is 2.12. The van der Waals surface area contributed by atoms with Crippen molar-refractivity contribution >= 4 is 0 Å². The van der Waals surface area contributed by atoms with Crippen molar-refractivity contribution < 1.29 is 0 Å². The predicted molar refractivity (Wildman–Crippen MR) is 81.1 cm³/mol. The van der Waals surface area contributed by atoms with E-state index in [1.807, 2.05) is 0 Å². The van der Waals surface area contributed by atoms with Gasteiger partial charge in [0.05, 0.1) is 0 Å². The Morgan fingerprint density at radius 3 is 2.58 bits per heavy atom. The van der Waals surface area contributed by atoms with Crippen LogP contribution >= 0.6 is 0 Å². The van der Waals surface area contributed by atoms with Gasteiger partial charge in [-0.25, -0.2) is 0 Å². The molecular formula is C16H27N3. The number of benzene rings is 1. The van der Waals surface area contributed by atoms with Crippen molar-refractivity contribution in [3.05, 3.63) is 35.4 Å². The third-order valence-corrected chi connectivity index (χ3v) is 4.24. The molecule has 1 heterocycles. The number of aryl methyl sites for hydroxylation is 1. The molecule has 0 amide bonds. The number of hydrogen-bond acceptors (Lipinski definition) is 3. The van der Waals surface area contributed by atoms with Crippen LogP contribution in [0.4, 0.5) is 0 Å². The first-order chi connectivity index (χ1) is 9.10. The van der Waals surface area contributed by atoms with Crippen molar-refractivity contribution in [3.8, 4) is 0 Å². The van der Waals surface area contributed by atoms with E-state index in [9.17, 15) is 0 Å². The first-order valence-electron chi connectivity index (χ1n) is 7.30. The number of rotatable bonds is 3. The fraction of sp³-hybridized carbons (Fsp3) is 0.625. The van der Waals surface area contributed by atoms with Gasteiger partial charge in [-0.05, 0) is 39.4 Å². The fourth-order valence-corrected chi connectivity index (χ4v) is 2.89. The summed E-state index contributed by atoms with van der Waals surface area (Å²) in [6, 6.07) is 9.93. The summed E-state index contributed by atoms with van der Waals surface area (Å²) in [6.07, 6.45) is 1.22. The van der Waals surface area contributed by atoms with Gasteiger partial charge in [0.1, 0.15) is 0 Å². The minimum Gasteiger partial charge on any atom is -0.329 e. The van der Waals surface area contributed by atoms with Crippen LogP contribution in [-0.4, -0.2) is 48.6 Å². The van der Waals surface area contributed by atoms with Crippen LogP contribution in [0.2, 0.25) is 0 Å². The SMILES string of the molecule is Cc1ccc(CN2C(C)CCN(C)CC2CN)cc1. The summed E-state index contributed by atoms with van der Waals surface area (Å²) in [4.78, 5) is 4.98. The standard InChI is InChI=1S/C16H27N3/c1-13-4-6-15(7-5-13)11-19-14(2)8-9-18(3)12-16(19)10-17/h4-7,14,16H,8-12,17H2,1-3H3. The molecule has 0 aliphatic carbocycles. The molecule has 2 rings (SSSR count). The highest BCUT2D eigenvalue weighted by Crippen LogP contribution is 2.18. The first-order valence-corrected chi connectivity index (χ1v) is 7.30. The Kier molecular flexibility index (Phi) is 4.97. The summed E-state index contributed by atoms with van der Waals surface area (Å²) >= 11 is 0. The average Bonchev–Trinajstić information content (AvgIpc) is 2.54. The van der Waals surface area contributed by atoms with Gasteiger partial charge >= 0.3 is 0 Å². The second kappa shape index (κ2) is 6.51. The van der Waals surface area contributed by atoms with E-state index >= 15 is 0 Å². The summed E-state index contributed by atoms with van der Waals surface area (Å²) < 4.78 is 0. The van der Waals surface area contributed by atoms with Gasteiger partial charge < -0.3 is 10.6 Å². The predicted octanol–water partition coefficient (Wildman–Crippen LogP) is 1.85. The van der Waals surface area contributed by atoms with Gasteiger partial charge in [0.2, 0.25) is 0 Å². The zero-order chi connectivity index (χ0) is 13.8. The lowest BCUT2D eigenvalue weighted by Crippen LogP contribution is -2.47. The van der Waals surface area contributed by atoms with E-state index in [4.69, 9.17) is 5.73 Å². The lowest BCUT2D eigenvalue weighted by atomic mass is 10.1. The van der Waals surface area contributed by atoms with E-state index in [-0.39, 0.29) is 0 Å². The minimum atomic E-state index is 0.462. The maximum atomic E-state index is 6.00. The van der Waals surface area contributed by atoms with Gasteiger partial charge in [-0.15, -0.1) is 0 Å². The third-order valence-electron chi connectivity index (χ3n) is 4.24. The zero-order valence-corrected chi connectivity index (χ0v) is 12.5. The molecule has 106 valence electrons. The molecule has 2 atom stereocenters. The topological polar surface area (TPSA) is 32.5 Å².